The van der Waals surface area contributed by atoms with Gasteiger partial charge in [0.1, 0.15) is 11.9 Å². The van der Waals surface area contributed by atoms with Gasteiger partial charge in [0.25, 0.3) is 5.91 Å². The van der Waals surface area contributed by atoms with Crippen LogP contribution in [0.4, 0.5) is 16.5 Å². The second-order valence-corrected chi connectivity index (χ2v) is 8.04. The van der Waals surface area contributed by atoms with Gasteiger partial charge in [-0.3, -0.25) is 14.5 Å². The number of carbonyl (C=O) groups is 2. The summed E-state index contributed by atoms with van der Waals surface area (Å²) in [5, 5.41) is 5.88. The molecule has 7 nitrogen and oxygen atoms in total. The van der Waals surface area contributed by atoms with Crippen molar-refractivity contribution in [3.05, 3.63) is 65.2 Å². The second-order valence-electron chi connectivity index (χ2n) is 7.20. The smallest absolute Gasteiger partial charge is 0.257 e. The van der Waals surface area contributed by atoms with Gasteiger partial charge in [-0.05, 0) is 30.7 Å². The molecule has 0 spiro atoms. The zero-order valence-corrected chi connectivity index (χ0v) is 18.5. The Hall–Kier alpha value is -3.39. The van der Waals surface area contributed by atoms with Gasteiger partial charge in [0, 0.05) is 30.6 Å². The van der Waals surface area contributed by atoms with Gasteiger partial charge >= 0.3 is 0 Å². The minimum absolute atomic E-state index is 0.0213. The summed E-state index contributed by atoms with van der Waals surface area (Å²) >= 11 is 1.37. The zero-order valence-electron chi connectivity index (χ0n) is 17.7. The summed E-state index contributed by atoms with van der Waals surface area (Å²) in [5.41, 5.74) is 2.82. The molecule has 1 atom stereocenters. The molecule has 0 saturated heterocycles. The lowest BCUT2D eigenvalue weighted by atomic mass is 10.1. The lowest BCUT2D eigenvalue weighted by Gasteiger charge is -2.37. The average molecular weight is 437 g/mol. The van der Waals surface area contributed by atoms with Crippen LogP contribution in [0.3, 0.4) is 0 Å². The normalized spacial score (nSPS) is 15.3. The number of nitrogens with one attached hydrogen (secondary N) is 1. The molecule has 0 radical (unpaired) electrons. The van der Waals surface area contributed by atoms with Crippen molar-refractivity contribution >= 4 is 39.7 Å². The number of rotatable bonds is 6. The van der Waals surface area contributed by atoms with E-state index in [1.807, 2.05) is 54.8 Å². The number of hydrogen-bond donors (Lipinski definition) is 1. The molecule has 0 bridgehead atoms. The molecule has 160 valence electrons. The number of ether oxygens (including phenoxy) is 1. The van der Waals surface area contributed by atoms with Gasteiger partial charge in [-0.25, -0.2) is 4.98 Å². The van der Waals surface area contributed by atoms with Gasteiger partial charge in [-0.15, -0.1) is 11.3 Å². The van der Waals surface area contributed by atoms with Crippen molar-refractivity contribution in [2.75, 3.05) is 23.9 Å². The van der Waals surface area contributed by atoms with E-state index in [1.54, 1.807) is 23.0 Å². The summed E-state index contributed by atoms with van der Waals surface area (Å²) in [5.74, 6) is 0.482. The first-order valence-electron chi connectivity index (χ1n) is 10.1. The molecule has 1 N–H and O–H groups in total. The second kappa shape index (κ2) is 8.77. The lowest BCUT2D eigenvalue weighted by molar-refractivity contribution is -0.115. The monoisotopic (exact) mass is 436 g/mol. The van der Waals surface area contributed by atoms with Crippen LogP contribution < -0.4 is 15.0 Å². The molecule has 0 aliphatic carbocycles. The fraction of sp³-hybridized carbons (Fsp3) is 0.261. The van der Waals surface area contributed by atoms with E-state index in [1.165, 1.54) is 18.3 Å². The number of anilines is 3. The van der Waals surface area contributed by atoms with E-state index in [0.29, 0.717) is 34.4 Å². The van der Waals surface area contributed by atoms with Crippen molar-refractivity contribution in [3.8, 4) is 5.75 Å². The number of amides is 2. The van der Waals surface area contributed by atoms with Crippen LogP contribution in [0.2, 0.25) is 0 Å². The van der Waals surface area contributed by atoms with Crippen molar-refractivity contribution in [3.63, 3.8) is 0 Å². The van der Waals surface area contributed by atoms with Gasteiger partial charge in [-0.2, -0.15) is 0 Å². The van der Waals surface area contributed by atoms with E-state index in [-0.39, 0.29) is 11.8 Å². The highest BCUT2D eigenvalue weighted by molar-refractivity contribution is 7.14. The Bertz CT molecular complexity index is 1110. The van der Waals surface area contributed by atoms with E-state index in [0.717, 1.165) is 12.1 Å². The molecule has 8 heteroatoms. The molecule has 1 aliphatic rings. The standard InChI is InChI=1S/C23H24N4O3S/c1-4-12-26-21(24-19-11-6-5-10-18(19)22(26)29)20-14-31-23(25-20)27(15(2)28)16-8-7-9-17(13-16)30-3/h5-11,13-14,21,24H,4,12H2,1-3H3/t21-/m1/s1. The third-order valence-corrected chi connectivity index (χ3v) is 5.94. The van der Waals surface area contributed by atoms with Crippen LogP contribution in [0.5, 0.6) is 5.75 Å². The fourth-order valence-corrected chi connectivity index (χ4v) is 4.58. The molecule has 4 rings (SSSR count). The maximum Gasteiger partial charge on any atom is 0.257 e. The molecule has 0 unspecified atom stereocenters. The Morgan fingerprint density at radius 1 is 1.26 bits per heavy atom. The summed E-state index contributed by atoms with van der Waals surface area (Å²) in [6.07, 6.45) is 0.429. The highest BCUT2D eigenvalue weighted by Gasteiger charge is 2.34. The number of methoxy groups -OCH3 is 1. The van der Waals surface area contributed by atoms with Gasteiger partial charge < -0.3 is 15.0 Å². The van der Waals surface area contributed by atoms with Crippen LogP contribution in [0.1, 0.15) is 42.5 Å². The number of benzene rings is 2. The highest BCUT2D eigenvalue weighted by atomic mass is 32.1. The average Bonchev–Trinajstić information content (AvgIpc) is 3.25. The van der Waals surface area contributed by atoms with Gasteiger partial charge in [0.15, 0.2) is 5.13 Å². The molecule has 1 aromatic heterocycles. The SMILES string of the molecule is CCCN1C(=O)c2ccccc2N[C@H]1c1csc(N(C(C)=O)c2cccc(OC)c2)n1. The molecular formula is C23H24N4O3S. The molecule has 2 heterocycles. The number of nitrogens with zero attached hydrogens (tertiary/aromatic N) is 3. The quantitative estimate of drug-likeness (QED) is 0.600. The van der Waals surface area contributed by atoms with Gasteiger partial charge in [-0.1, -0.05) is 25.1 Å². The summed E-state index contributed by atoms with van der Waals surface area (Å²) in [6.45, 7) is 4.14. The number of hydrogen-bond acceptors (Lipinski definition) is 6. The molecule has 3 aromatic rings. The maximum absolute atomic E-state index is 13.1. The van der Waals surface area contributed by atoms with E-state index in [2.05, 4.69) is 5.32 Å². The molecule has 0 saturated carbocycles. The topological polar surface area (TPSA) is 74.8 Å². The molecular weight excluding hydrogens is 412 g/mol. The first-order chi connectivity index (χ1) is 15.0. The van der Waals surface area contributed by atoms with E-state index in [9.17, 15) is 9.59 Å². The maximum atomic E-state index is 13.1. The minimum Gasteiger partial charge on any atom is -0.497 e. The van der Waals surface area contributed by atoms with Crippen LogP contribution >= 0.6 is 11.3 Å². The Kier molecular flexibility index (Phi) is 5.90. The Morgan fingerprint density at radius 2 is 2.06 bits per heavy atom. The fourth-order valence-electron chi connectivity index (χ4n) is 3.68. The number of fused-ring (bicyclic) bond motifs is 1. The van der Waals surface area contributed by atoms with Crippen LogP contribution in [0.15, 0.2) is 53.9 Å². The molecule has 0 fully saturated rings. The van der Waals surface area contributed by atoms with Gasteiger partial charge in [0.2, 0.25) is 5.91 Å². The van der Waals surface area contributed by atoms with Crippen molar-refractivity contribution in [1.29, 1.82) is 0 Å². The minimum atomic E-state index is -0.397. The van der Waals surface area contributed by atoms with E-state index in [4.69, 9.17) is 9.72 Å². The van der Waals surface area contributed by atoms with E-state index >= 15 is 0 Å². The van der Waals surface area contributed by atoms with Gasteiger partial charge in [0.05, 0.1) is 24.1 Å². The Labute approximate surface area is 185 Å². The number of thiazole rings is 1. The number of para-hydroxylation sites is 1. The zero-order chi connectivity index (χ0) is 22.0. The van der Waals surface area contributed by atoms with Crippen molar-refractivity contribution in [2.24, 2.45) is 0 Å². The molecule has 31 heavy (non-hydrogen) atoms. The Morgan fingerprint density at radius 3 is 2.81 bits per heavy atom. The summed E-state index contributed by atoms with van der Waals surface area (Å²) < 4.78 is 5.30. The predicted octanol–water partition coefficient (Wildman–Crippen LogP) is 4.81. The predicted molar refractivity (Wildman–Crippen MR) is 122 cm³/mol. The Balaban J connectivity index is 1.70. The van der Waals surface area contributed by atoms with Crippen LogP contribution in [0, 0.1) is 0 Å². The molecule has 2 amide bonds. The van der Waals surface area contributed by atoms with Crippen molar-refractivity contribution in [1.82, 2.24) is 9.88 Å². The first-order valence-corrected chi connectivity index (χ1v) is 11.0. The number of carbonyl (C=O) groups excluding carboxylic acids is 2. The molecule has 2 aromatic carbocycles. The third-order valence-electron chi connectivity index (χ3n) is 5.09. The van der Waals surface area contributed by atoms with Crippen LogP contribution in [-0.4, -0.2) is 35.4 Å². The molecule has 1 aliphatic heterocycles. The summed E-state index contributed by atoms with van der Waals surface area (Å²) in [4.78, 5) is 33.7. The largest absolute Gasteiger partial charge is 0.497 e. The van der Waals surface area contributed by atoms with Crippen molar-refractivity contribution < 1.29 is 14.3 Å². The highest BCUT2D eigenvalue weighted by Crippen LogP contribution is 2.37. The van der Waals surface area contributed by atoms with Crippen LogP contribution in [0.25, 0.3) is 0 Å². The van der Waals surface area contributed by atoms with Crippen molar-refractivity contribution in [2.45, 2.75) is 26.4 Å². The van der Waals surface area contributed by atoms with Crippen LogP contribution in [-0.2, 0) is 4.79 Å². The summed E-state index contributed by atoms with van der Waals surface area (Å²) in [6, 6.07) is 14.8. The first kappa shape index (κ1) is 20.9. The number of aromatic nitrogens is 1. The third kappa shape index (κ3) is 3.98. The lowest BCUT2D eigenvalue weighted by Crippen LogP contribution is -2.43. The summed E-state index contributed by atoms with van der Waals surface area (Å²) in [7, 11) is 1.59. The van der Waals surface area contributed by atoms with E-state index < -0.39 is 6.17 Å².